The fourth-order valence-electron chi connectivity index (χ4n) is 2.94. The quantitative estimate of drug-likeness (QED) is 0.416. The first-order chi connectivity index (χ1) is 16.1. The van der Waals surface area contributed by atoms with Gasteiger partial charge in [0.05, 0.1) is 10.6 Å². The summed E-state index contributed by atoms with van der Waals surface area (Å²) in [5, 5.41) is 10.9. The Kier molecular flexibility index (Phi) is 6.16. The van der Waals surface area contributed by atoms with Gasteiger partial charge in [-0.25, -0.2) is 8.42 Å². The third-order valence-corrected chi connectivity index (χ3v) is 6.18. The number of rotatable bonds is 6. The average Bonchev–Trinajstić information content (AvgIpc) is 3.30. The van der Waals surface area contributed by atoms with Gasteiger partial charge in [0.15, 0.2) is 0 Å². The van der Waals surface area contributed by atoms with Crippen LogP contribution in [0, 0.1) is 5.41 Å². The highest BCUT2D eigenvalue weighted by atomic mass is 32.2. The normalized spacial score (nSPS) is 11.7. The van der Waals surface area contributed by atoms with Gasteiger partial charge in [-0.3, -0.25) is 14.5 Å². The lowest BCUT2D eigenvalue weighted by Gasteiger charge is -2.18. The van der Waals surface area contributed by atoms with Crippen LogP contribution >= 0.6 is 0 Å². The number of carbonyl (C=O) groups is 1. The highest BCUT2D eigenvalue weighted by molar-refractivity contribution is 7.92. The Morgan fingerprint density at radius 3 is 2.21 bits per heavy atom. The van der Waals surface area contributed by atoms with E-state index < -0.39 is 15.4 Å². The van der Waals surface area contributed by atoms with Crippen molar-refractivity contribution in [2.75, 3.05) is 10.0 Å². The predicted molar refractivity (Wildman–Crippen MR) is 128 cm³/mol. The molecule has 10 heteroatoms. The zero-order chi connectivity index (χ0) is 24.3. The molecule has 9 nitrogen and oxygen atoms in total. The van der Waals surface area contributed by atoms with Crippen molar-refractivity contribution in [1.82, 2.24) is 15.2 Å². The number of anilines is 2. The minimum atomic E-state index is -3.92. The topological polar surface area (TPSA) is 127 Å². The standard InChI is InChI=1S/C24H23N5O4S/c1-24(2,3)23(30)26-18-7-5-8-19(15-18)29-34(31,32)20-9-4-6-17(14-20)22-28-27-21(33-22)16-10-12-25-13-11-16/h4-15,29H,1-3H3,(H,26,30). The molecule has 0 aliphatic heterocycles. The van der Waals surface area contributed by atoms with E-state index in [2.05, 4.69) is 25.2 Å². The summed E-state index contributed by atoms with van der Waals surface area (Å²) in [6.45, 7) is 5.39. The van der Waals surface area contributed by atoms with Gasteiger partial charge in [-0.2, -0.15) is 0 Å². The molecule has 2 aromatic carbocycles. The van der Waals surface area contributed by atoms with Crippen molar-refractivity contribution in [3.63, 3.8) is 0 Å². The number of nitrogens with one attached hydrogen (secondary N) is 2. The number of aromatic nitrogens is 3. The van der Waals surface area contributed by atoms with Crippen molar-refractivity contribution in [3.8, 4) is 22.9 Å². The molecule has 0 unspecified atom stereocenters. The largest absolute Gasteiger partial charge is 0.416 e. The molecule has 4 rings (SSSR count). The molecule has 0 saturated heterocycles. The SMILES string of the molecule is CC(C)(C)C(=O)Nc1cccc(NS(=O)(=O)c2cccc(-c3nnc(-c4ccncc4)o3)c2)c1. The molecular weight excluding hydrogens is 454 g/mol. The Hall–Kier alpha value is -4.05. The summed E-state index contributed by atoms with van der Waals surface area (Å²) >= 11 is 0. The Bertz CT molecular complexity index is 1430. The van der Waals surface area contributed by atoms with Crippen molar-refractivity contribution in [2.45, 2.75) is 25.7 Å². The van der Waals surface area contributed by atoms with Crippen LogP contribution in [0.4, 0.5) is 11.4 Å². The first-order valence-corrected chi connectivity index (χ1v) is 11.9. The van der Waals surface area contributed by atoms with Gasteiger partial charge < -0.3 is 9.73 Å². The first kappa shape index (κ1) is 23.1. The molecule has 2 N–H and O–H groups in total. The molecule has 1 amide bonds. The lowest BCUT2D eigenvalue weighted by Crippen LogP contribution is -2.27. The molecular formula is C24H23N5O4S. The maximum absolute atomic E-state index is 13.0. The van der Waals surface area contributed by atoms with Crippen LogP contribution in [-0.2, 0) is 14.8 Å². The molecule has 0 saturated carbocycles. The molecule has 0 atom stereocenters. The minimum Gasteiger partial charge on any atom is -0.416 e. The maximum Gasteiger partial charge on any atom is 0.261 e. The van der Waals surface area contributed by atoms with Crippen LogP contribution in [0.5, 0.6) is 0 Å². The van der Waals surface area contributed by atoms with E-state index in [1.54, 1.807) is 81.7 Å². The summed E-state index contributed by atoms with van der Waals surface area (Å²) in [4.78, 5) is 16.2. The van der Waals surface area contributed by atoms with E-state index in [4.69, 9.17) is 4.42 Å². The number of amides is 1. The van der Waals surface area contributed by atoms with Crippen molar-refractivity contribution in [1.29, 1.82) is 0 Å². The van der Waals surface area contributed by atoms with Crippen LogP contribution in [-0.4, -0.2) is 29.5 Å². The number of carbonyl (C=O) groups excluding carboxylic acids is 1. The maximum atomic E-state index is 13.0. The van der Waals surface area contributed by atoms with E-state index in [-0.39, 0.29) is 16.7 Å². The molecule has 34 heavy (non-hydrogen) atoms. The van der Waals surface area contributed by atoms with E-state index in [0.717, 1.165) is 0 Å². The average molecular weight is 478 g/mol. The van der Waals surface area contributed by atoms with E-state index >= 15 is 0 Å². The van der Waals surface area contributed by atoms with Crippen LogP contribution < -0.4 is 10.0 Å². The van der Waals surface area contributed by atoms with Crippen LogP contribution in [0.3, 0.4) is 0 Å². The van der Waals surface area contributed by atoms with Crippen molar-refractivity contribution in [3.05, 3.63) is 73.1 Å². The molecule has 2 heterocycles. The van der Waals surface area contributed by atoms with Gasteiger partial charge in [0.2, 0.25) is 17.7 Å². The molecule has 0 bridgehead atoms. The molecule has 0 aliphatic carbocycles. The van der Waals surface area contributed by atoms with Gasteiger partial charge in [-0.15, -0.1) is 10.2 Å². The number of hydrogen-bond donors (Lipinski definition) is 2. The number of benzene rings is 2. The summed E-state index contributed by atoms with van der Waals surface area (Å²) < 4.78 is 34.3. The second-order valence-electron chi connectivity index (χ2n) is 8.57. The number of nitrogens with zero attached hydrogens (tertiary/aromatic N) is 3. The van der Waals surface area contributed by atoms with E-state index in [1.807, 2.05) is 0 Å². The van der Waals surface area contributed by atoms with Gasteiger partial charge >= 0.3 is 0 Å². The lowest BCUT2D eigenvalue weighted by atomic mass is 9.95. The molecule has 0 spiro atoms. The van der Waals surface area contributed by atoms with Crippen molar-refractivity contribution < 1.29 is 17.6 Å². The molecule has 4 aromatic rings. The van der Waals surface area contributed by atoms with Gasteiger partial charge in [-0.05, 0) is 48.5 Å². The Balaban J connectivity index is 1.55. The smallest absolute Gasteiger partial charge is 0.261 e. The molecule has 0 fully saturated rings. The third kappa shape index (κ3) is 5.29. The summed E-state index contributed by atoms with van der Waals surface area (Å²) in [5.74, 6) is 0.319. The van der Waals surface area contributed by atoms with E-state index in [1.165, 1.54) is 12.1 Å². The first-order valence-electron chi connectivity index (χ1n) is 10.4. The highest BCUT2D eigenvalue weighted by Crippen LogP contribution is 2.27. The van der Waals surface area contributed by atoms with Crippen LogP contribution in [0.25, 0.3) is 22.9 Å². The zero-order valence-corrected chi connectivity index (χ0v) is 19.6. The van der Waals surface area contributed by atoms with Crippen LogP contribution in [0.1, 0.15) is 20.8 Å². The van der Waals surface area contributed by atoms with Crippen molar-refractivity contribution >= 4 is 27.3 Å². The number of hydrogen-bond acceptors (Lipinski definition) is 7. The Morgan fingerprint density at radius 1 is 0.853 bits per heavy atom. The second kappa shape index (κ2) is 9.06. The summed E-state index contributed by atoms with van der Waals surface area (Å²) in [5.41, 5.74) is 1.39. The summed E-state index contributed by atoms with van der Waals surface area (Å²) in [6, 6.07) is 16.2. The van der Waals surface area contributed by atoms with Crippen molar-refractivity contribution in [2.24, 2.45) is 5.41 Å². The van der Waals surface area contributed by atoms with Crippen LogP contribution in [0.2, 0.25) is 0 Å². The van der Waals surface area contributed by atoms with Gasteiger partial charge in [0, 0.05) is 34.6 Å². The second-order valence-corrected chi connectivity index (χ2v) is 10.2. The summed E-state index contributed by atoms with van der Waals surface area (Å²) in [7, 11) is -3.92. The minimum absolute atomic E-state index is 0.0257. The lowest BCUT2D eigenvalue weighted by molar-refractivity contribution is -0.123. The predicted octanol–water partition coefficient (Wildman–Crippen LogP) is 4.58. The van der Waals surface area contributed by atoms with E-state index in [0.29, 0.717) is 28.4 Å². The zero-order valence-electron chi connectivity index (χ0n) is 18.8. The van der Waals surface area contributed by atoms with Crippen LogP contribution in [0.15, 0.2) is 82.4 Å². The number of pyridine rings is 1. The Labute approximate surface area is 197 Å². The van der Waals surface area contributed by atoms with Gasteiger partial charge in [-0.1, -0.05) is 32.9 Å². The monoisotopic (exact) mass is 477 g/mol. The molecule has 0 aliphatic rings. The number of sulfonamides is 1. The summed E-state index contributed by atoms with van der Waals surface area (Å²) in [6.07, 6.45) is 3.23. The molecule has 174 valence electrons. The highest BCUT2D eigenvalue weighted by Gasteiger charge is 2.22. The fraction of sp³-hybridized carbons (Fsp3) is 0.167. The van der Waals surface area contributed by atoms with Gasteiger partial charge in [0.25, 0.3) is 10.0 Å². The third-order valence-electron chi connectivity index (χ3n) is 4.80. The van der Waals surface area contributed by atoms with E-state index in [9.17, 15) is 13.2 Å². The fourth-order valence-corrected chi connectivity index (χ4v) is 4.04. The molecule has 2 aromatic heterocycles. The van der Waals surface area contributed by atoms with Gasteiger partial charge in [0.1, 0.15) is 0 Å². The Morgan fingerprint density at radius 2 is 1.50 bits per heavy atom. The molecule has 0 radical (unpaired) electrons.